The molecule has 1 aromatic heterocycles. The number of hydrogen-bond acceptors (Lipinski definition) is 3. The van der Waals surface area contributed by atoms with E-state index >= 15 is 0 Å². The SMILES string of the molecule is CC(C)=C1C(=O)OC(=O)/C1=C\c1cc(C)n(C)c1C. The summed E-state index contributed by atoms with van der Waals surface area (Å²) in [5, 5.41) is 0. The van der Waals surface area contributed by atoms with Crippen LogP contribution in [0.1, 0.15) is 30.8 Å². The van der Waals surface area contributed by atoms with Crippen molar-refractivity contribution >= 4 is 18.0 Å². The molecule has 19 heavy (non-hydrogen) atoms. The lowest BCUT2D eigenvalue weighted by molar-refractivity contribution is -0.149. The van der Waals surface area contributed by atoms with E-state index in [0.717, 1.165) is 22.5 Å². The number of carbonyl (C=O) groups is 2. The van der Waals surface area contributed by atoms with Gasteiger partial charge in [-0.1, -0.05) is 5.57 Å². The number of allylic oxidation sites excluding steroid dienone is 1. The van der Waals surface area contributed by atoms with Crippen molar-refractivity contribution in [2.75, 3.05) is 0 Å². The number of aromatic nitrogens is 1. The average molecular weight is 259 g/mol. The molecule has 2 rings (SSSR count). The van der Waals surface area contributed by atoms with Crippen molar-refractivity contribution in [2.24, 2.45) is 7.05 Å². The minimum absolute atomic E-state index is 0.346. The molecule has 1 aliphatic heterocycles. The van der Waals surface area contributed by atoms with E-state index in [1.165, 1.54) is 0 Å². The molecule has 2 heterocycles. The van der Waals surface area contributed by atoms with Crippen LogP contribution in [0.4, 0.5) is 0 Å². The summed E-state index contributed by atoms with van der Waals surface area (Å²) in [6.07, 6.45) is 1.73. The van der Waals surface area contributed by atoms with Crippen molar-refractivity contribution in [1.29, 1.82) is 0 Å². The van der Waals surface area contributed by atoms with Gasteiger partial charge < -0.3 is 9.30 Å². The van der Waals surface area contributed by atoms with Crippen LogP contribution in [0, 0.1) is 13.8 Å². The highest BCUT2D eigenvalue weighted by atomic mass is 16.6. The van der Waals surface area contributed by atoms with Gasteiger partial charge in [0.2, 0.25) is 0 Å². The van der Waals surface area contributed by atoms with Gasteiger partial charge in [0.05, 0.1) is 11.1 Å². The van der Waals surface area contributed by atoms with Crippen LogP contribution < -0.4 is 0 Å². The predicted octanol–water partition coefficient (Wildman–Crippen LogP) is 2.45. The van der Waals surface area contributed by atoms with Gasteiger partial charge in [0.25, 0.3) is 0 Å². The Morgan fingerprint density at radius 2 is 1.84 bits per heavy atom. The topological polar surface area (TPSA) is 48.3 Å². The Balaban J connectivity index is 2.59. The molecule has 1 aromatic rings. The van der Waals surface area contributed by atoms with E-state index in [1.54, 1.807) is 19.9 Å². The summed E-state index contributed by atoms with van der Waals surface area (Å²) in [6.45, 7) is 7.57. The minimum atomic E-state index is -0.567. The van der Waals surface area contributed by atoms with Crippen molar-refractivity contribution in [3.05, 3.63) is 39.7 Å². The summed E-state index contributed by atoms with van der Waals surface area (Å²) < 4.78 is 6.72. The standard InChI is InChI=1S/C15H17NO3/c1-8(2)13-12(14(17)19-15(13)18)7-11-6-9(3)16(5)10(11)4/h6-7H,1-5H3/b12-7-. The smallest absolute Gasteiger partial charge is 0.346 e. The molecule has 0 spiro atoms. The van der Waals surface area contributed by atoms with E-state index < -0.39 is 11.9 Å². The fourth-order valence-corrected chi connectivity index (χ4v) is 2.19. The highest BCUT2D eigenvalue weighted by molar-refractivity contribution is 6.20. The summed E-state index contributed by atoms with van der Waals surface area (Å²) >= 11 is 0. The predicted molar refractivity (Wildman–Crippen MR) is 72.3 cm³/mol. The van der Waals surface area contributed by atoms with Gasteiger partial charge in [0.15, 0.2) is 0 Å². The lowest BCUT2D eigenvalue weighted by Gasteiger charge is -2.00. The Kier molecular flexibility index (Phi) is 3.18. The quantitative estimate of drug-likeness (QED) is 0.442. The first kappa shape index (κ1) is 13.3. The summed E-state index contributed by atoms with van der Waals surface area (Å²) in [5.41, 5.74) is 4.59. The molecule has 4 heteroatoms. The fourth-order valence-electron chi connectivity index (χ4n) is 2.19. The fraction of sp³-hybridized carbons (Fsp3) is 0.333. The monoisotopic (exact) mass is 259 g/mol. The molecule has 1 aliphatic rings. The highest BCUT2D eigenvalue weighted by Gasteiger charge is 2.34. The second-order valence-corrected chi connectivity index (χ2v) is 5.00. The van der Waals surface area contributed by atoms with E-state index in [0.29, 0.717) is 11.1 Å². The Bertz CT molecular complexity index is 641. The van der Waals surface area contributed by atoms with Crippen molar-refractivity contribution in [2.45, 2.75) is 27.7 Å². The third kappa shape index (κ3) is 2.14. The number of rotatable bonds is 1. The molecule has 4 nitrogen and oxygen atoms in total. The molecule has 0 saturated carbocycles. The molecular formula is C15H17NO3. The molecule has 0 atom stereocenters. The van der Waals surface area contributed by atoms with Crippen LogP contribution in [0.2, 0.25) is 0 Å². The molecule has 0 aliphatic carbocycles. The van der Waals surface area contributed by atoms with Crippen LogP contribution in [0.15, 0.2) is 22.8 Å². The number of nitrogens with zero attached hydrogens (tertiary/aromatic N) is 1. The highest BCUT2D eigenvalue weighted by Crippen LogP contribution is 2.28. The van der Waals surface area contributed by atoms with E-state index in [-0.39, 0.29) is 0 Å². The molecular weight excluding hydrogens is 242 g/mol. The molecule has 1 saturated heterocycles. The molecule has 0 aromatic carbocycles. The van der Waals surface area contributed by atoms with Crippen molar-refractivity contribution in [3.63, 3.8) is 0 Å². The van der Waals surface area contributed by atoms with Gasteiger partial charge in [-0.3, -0.25) is 0 Å². The molecule has 1 fully saturated rings. The van der Waals surface area contributed by atoms with Crippen LogP contribution in [0.3, 0.4) is 0 Å². The van der Waals surface area contributed by atoms with Crippen LogP contribution in [0.5, 0.6) is 0 Å². The summed E-state index contributed by atoms with van der Waals surface area (Å²) in [6, 6.07) is 1.99. The van der Waals surface area contributed by atoms with Crippen LogP contribution in [-0.2, 0) is 21.4 Å². The third-order valence-corrected chi connectivity index (χ3v) is 3.49. The van der Waals surface area contributed by atoms with Gasteiger partial charge >= 0.3 is 11.9 Å². The largest absolute Gasteiger partial charge is 0.386 e. The average Bonchev–Trinajstić information content (AvgIpc) is 2.72. The summed E-state index contributed by atoms with van der Waals surface area (Å²) in [4.78, 5) is 23.4. The van der Waals surface area contributed by atoms with Crippen molar-refractivity contribution in [1.82, 2.24) is 4.57 Å². The second-order valence-electron chi connectivity index (χ2n) is 5.00. The van der Waals surface area contributed by atoms with E-state index in [9.17, 15) is 9.59 Å². The second kappa shape index (κ2) is 4.53. The maximum absolute atomic E-state index is 11.8. The third-order valence-electron chi connectivity index (χ3n) is 3.49. The Morgan fingerprint density at radius 3 is 2.32 bits per heavy atom. The Morgan fingerprint density at radius 1 is 1.21 bits per heavy atom. The molecule has 0 unspecified atom stereocenters. The zero-order valence-electron chi connectivity index (χ0n) is 11.8. The van der Waals surface area contributed by atoms with Crippen LogP contribution >= 0.6 is 0 Å². The van der Waals surface area contributed by atoms with Crippen LogP contribution in [-0.4, -0.2) is 16.5 Å². The zero-order chi connectivity index (χ0) is 14.3. The summed E-state index contributed by atoms with van der Waals surface area (Å²) in [5.74, 6) is -1.12. The van der Waals surface area contributed by atoms with Gasteiger partial charge in [-0.25, -0.2) is 9.59 Å². The molecule has 0 radical (unpaired) electrons. The number of aryl methyl sites for hydroxylation is 1. The number of hydrogen-bond donors (Lipinski definition) is 0. The molecule has 0 N–H and O–H groups in total. The van der Waals surface area contributed by atoms with Gasteiger partial charge in [0.1, 0.15) is 0 Å². The Hall–Kier alpha value is -2.10. The lowest BCUT2D eigenvalue weighted by Crippen LogP contribution is -1.97. The van der Waals surface area contributed by atoms with E-state index in [2.05, 4.69) is 4.74 Å². The van der Waals surface area contributed by atoms with Gasteiger partial charge in [-0.05, 0) is 45.4 Å². The van der Waals surface area contributed by atoms with Crippen molar-refractivity contribution < 1.29 is 14.3 Å². The first-order chi connectivity index (χ1) is 8.82. The maximum atomic E-state index is 11.8. The van der Waals surface area contributed by atoms with Gasteiger partial charge in [-0.15, -0.1) is 0 Å². The number of esters is 2. The normalized spacial score (nSPS) is 17.3. The molecule has 100 valence electrons. The maximum Gasteiger partial charge on any atom is 0.346 e. The lowest BCUT2D eigenvalue weighted by atomic mass is 10.0. The zero-order valence-corrected chi connectivity index (χ0v) is 11.8. The van der Waals surface area contributed by atoms with E-state index in [4.69, 9.17) is 0 Å². The number of ether oxygens (including phenoxy) is 1. The van der Waals surface area contributed by atoms with E-state index in [1.807, 2.05) is 31.5 Å². The first-order valence-electron chi connectivity index (χ1n) is 6.12. The number of cyclic esters (lactones) is 2. The van der Waals surface area contributed by atoms with Crippen LogP contribution in [0.25, 0.3) is 6.08 Å². The molecule has 0 bridgehead atoms. The first-order valence-corrected chi connectivity index (χ1v) is 6.12. The number of carbonyl (C=O) groups excluding carboxylic acids is 2. The Labute approximate surface area is 112 Å². The van der Waals surface area contributed by atoms with Gasteiger partial charge in [-0.2, -0.15) is 0 Å². The minimum Gasteiger partial charge on any atom is -0.386 e. The van der Waals surface area contributed by atoms with Gasteiger partial charge in [0, 0.05) is 18.4 Å². The molecule has 0 amide bonds. The summed E-state index contributed by atoms with van der Waals surface area (Å²) in [7, 11) is 1.96. The van der Waals surface area contributed by atoms with Crippen molar-refractivity contribution in [3.8, 4) is 0 Å².